The van der Waals surface area contributed by atoms with Crippen LogP contribution in [0.1, 0.15) is 45.2 Å². The van der Waals surface area contributed by atoms with Crippen molar-refractivity contribution in [3.63, 3.8) is 0 Å². The van der Waals surface area contributed by atoms with E-state index in [9.17, 15) is 0 Å². The summed E-state index contributed by atoms with van der Waals surface area (Å²) in [6.45, 7) is 8.25. The predicted octanol–water partition coefficient (Wildman–Crippen LogP) is 5.77. The van der Waals surface area contributed by atoms with Gasteiger partial charge in [0, 0.05) is 0 Å². The van der Waals surface area contributed by atoms with Gasteiger partial charge in [-0.1, -0.05) is 82.7 Å². The van der Waals surface area contributed by atoms with Crippen molar-refractivity contribution in [3.05, 3.63) is 47.5 Å². The zero-order valence-corrected chi connectivity index (χ0v) is 11.3. The zero-order chi connectivity index (χ0) is 12.7. The van der Waals surface area contributed by atoms with Gasteiger partial charge in [0.05, 0.1) is 0 Å². The Balaban J connectivity index is 0.000000256. The van der Waals surface area contributed by atoms with Gasteiger partial charge in [-0.3, -0.25) is 0 Å². The summed E-state index contributed by atoms with van der Waals surface area (Å²) in [5.74, 6) is 0. The molecule has 0 amide bonds. The average molecular weight is 226 g/mol. The molecule has 0 radical (unpaired) electrons. The van der Waals surface area contributed by atoms with E-state index < -0.39 is 0 Å². The van der Waals surface area contributed by atoms with E-state index in [1.807, 2.05) is 13.8 Å². The molecule has 1 aliphatic carbocycles. The number of rotatable bonds is 0. The molecule has 0 saturated carbocycles. The van der Waals surface area contributed by atoms with Crippen molar-refractivity contribution in [2.45, 2.75) is 34.1 Å². The molecule has 0 spiro atoms. The molecule has 0 bridgehead atoms. The van der Waals surface area contributed by atoms with Crippen molar-refractivity contribution in [1.29, 1.82) is 0 Å². The molecule has 1 aliphatic rings. The van der Waals surface area contributed by atoms with Crippen LogP contribution in [-0.2, 0) is 0 Å². The standard InChI is InChI=1S/C12H8.C3H8.C2H6/c1-3-9-4-2-6-11-8-7-10(5-1)12(9)11;1-3-2;1-2/h1-8H;3H2,1-2H3;1-2H3. The molecule has 0 atom stereocenters. The molecule has 2 aromatic rings. The maximum absolute atomic E-state index is 2.18. The van der Waals surface area contributed by atoms with Gasteiger partial charge in [-0.15, -0.1) is 0 Å². The second-order valence-corrected chi connectivity index (χ2v) is 3.83. The van der Waals surface area contributed by atoms with E-state index in [1.54, 1.807) is 0 Å². The summed E-state index contributed by atoms with van der Waals surface area (Å²) in [6.07, 6.45) is 5.61. The quantitative estimate of drug-likeness (QED) is 0.456. The van der Waals surface area contributed by atoms with E-state index in [1.165, 1.54) is 28.3 Å². The Labute approximate surface area is 105 Å². The first-order valence-corrected chi connectivity index (χ1v) is 6.56. The highest BCUT2D eigenvalue weighted by molar-refractivity contribution is 6.04. The lowest BCUT2D eigenvalue weighted by Gasteiger charge is -1.99. The third-order valence-electron chi connectivity index (χ3n) is 2.41. The van der Waals surface area contributed by atoms with Crippen molar-refractivity contribution >= 4 is 22.9 Å². The fraction of sp³-hybridized carbons (Fsp3) is 0.294. The smallest absolute Gasteiger partial charge is 0.00389 e. The Hall–Kier alpha value is -1.56. The number of benzene rings is 2. The molecule has 0 nitrogen and oxygen atoms in total. The maximum atomic E-state index is 2.18. The largest absolute Gasteiger partial charge is 0.0683 e. The third-order valence-corrected chi connectivity index (χ3v) is 2.41. The Morgan fingerprint density at radius 3 is 1.59 bits per heavy atom. The predicted molar refractivity (Wildman–Crippen MR) is 80.2 cm³/mol. The first-order valence-electron chi connectivity index (χ1n) is 6.56. The summed E-state index contributed by atoms with van der Waals surface area (Å²) in [5.41, 5.74) is 2.70. The van der Waals surface area contributed by atoms with Crippen LogP contribution in [-0.4, -0.2) is 0 Å². The van der Waals surface area contributed by atoms with Crippen LogP contribution in [0.25, 0.3) is 22.9 Å². The lowest BCUT2D eigenvalue weighted by molar-refractivity contribution is 1.09. The molecule has 2 aromatic carbocycles. The van der Waals surface area contributed by atoms with Crippen LogP contribution >= 0.6 is 0 Å². The number of hydrogen-bond acceptors (Lipinski definition) is 0. The van der Waals surface area contributed by atoms with E-state index in [0.29, 0.717) is 0 Å². The highest BCUT2D eigenvalue weighted by atomic mass is 14.1. The van der Waals surface area contributed by atoms with Gasteiger partial charge < -0.3 is 0 Å². The van der Waals surface area contributed by atoms with E-state index in [2.05, 4.69) is 62.4 Å². The normalized spacial score (nSPS) is 10.4. The Morgan fingerprint density at radius 2 is 1.18 bits per heavy atom. The van der Waals surface area contributed by atoms with Crippen LogP contribution in [0.3, 0.4) is 0 Å². The maximum Gasteiger partial charge on any atom is -0.00389 e. The summed E-state index contributed by atoms with van der Waals surface area (Å²) < 4.78 is 0. The van der Waals surface area contributed by atoms with Crippen LogP contribution in [0.4, 0.5) is 0 Å². The topological polar surface area (TPSA) is 0 Å². The lowest BCUT2D eigenvalue weighted by Crippen LogP contribution is -1.76. The minimum atomic E-state index is 1.25. The van der Waals surface area contributed by atoms with Gasteiger partial charge in [-0.25, -0.2) is 0 Å². The van der Waals surface area contributed by atoms with Crippen molar-refractivity contribution in [3.8, 4) is 0 Å². The fourth-order valence-electron chi connectivity index (χ4n) is 1.86. The van der Waals surface area contributed by atoms with Crippen molar-refractivity contribution in [2.24, 2.45) is 0 Å². The monoisotopic (exact) mass is 226 g/mol. The molecule has 17 heavy (non-hydrogen) atoms. The molecule has 0 unspecified atom stereocenters. The summed E-state index contributed by atoms with van der Waals surface area (Å²) in [6, 6.07) is 12.9. The first-order chi connectivity index (χ1) is 8.36. The van der Waals surface area contributed by atoms with E-state index >= 15 is 0 Å². The van der Waals surface area contributed by atoms with Crippen molar-refractivity contribution < 1.29 is 0 Å². The SMILES string of the molecule is C1=Cc2cccc3cccc1c23.CC.CCC. The van der Waals surface area contributed by atoms with Gasteiger partial charge >= 0.3 is 0 Å². The molecule has 0 aromatic heterocycles. The van der Waals surface area contributed by atoms with Gasteiger partial charge in [0.2, 0.25) is 0 Å². The van der Waals surface area contributed by atoms with Crippen LogP contribution in [0.5, 0.6) is 0 Å². The van der Waals surface area contributed by atoms with Crippen LogP contribution in [0, 0.1) is 0 Å². The number of hydrogen-bond donors (Lipinski definition) is 0. The minimum Gasteiger partial charge on any atom is -0.0683 e. The summed E-state index contributed by atoms with van der Waals surface area (Å²) in [7, 11) is 0. The second kappa shape index (κ2) is 6.90. The molecular formula is C17H22. The van der Waals surface area contributed by atoms with E-state index in [-0.39, 0.29) is 0 Å². The fourth-order valence-corrected chi connectivity index (χ4v) is 1.86. The van der Waals surface area contributed by atoms with Crippen LogP contribution in [0.2, 0.25) is 0 Å². The zero-order valence-electron chi connectivity index (χ0n) is 11.3. The Morgan fingerprint density at radius 1 is 0.765 bits per heavy atom. The van der Waals surface area contributed by atoms with Crippen molar-refractivity contribution in [1.82, 2.24) is 0 Å². The Kier molecular flexibility index (Phi) is 5.48. The third kappa shape index (κ3) is 2.97. The molecular weight excluding hydrogens is 204 g/mol. The highest BCUT2D eigenvalue weighted by Crippen LogP contribution is 2.30. The van der Waals surface area contributed by atoms with Gasteiger partial charge in [0.15, 0.2) is 0 Å². The molecule has 3 rings (SSSR count). The first kappa shape index (κ1) is 13.5. The molecule has 0 heterocycles. The van der Waals surface area contributed by atoms with Crippen LogP contribution < -0.4 is 0 Å². The van der Waals surface area contributed by atoms with Gasteiger partial charge in [-0.05, 0) is 21.9 Å². The molecule has 90 valence electrons. The highest BCUT2D eigenvalue weighted by Gasteiger charge is 2.06. The summed E-state index contributed by atoms with van der Waals surface area (Å²) in [5, 5.41) is 2.75. The van der Waals surface area contributed by atoms with Gasteiger partial charge in [-0.2, -0.15) is 0 Å². The molecule has 0 saturated heterocycles. The second-order valence-electron chi connectivity index (χ2n) is 3.83. The van der Waals surface area contributed by atoms with Crippen molar-refractivity contribution in [2.75, 3.05) is 0 Å². The van der Waals surface area contributed by atoms with Gasteiger partial charge in [0.1, 0.15) is 0 Å². The van der Waals surface area contributed by atoms with E-state index in [4.69, 9.17) is 0 Å². The summed E-state index contributed by atoms with van der Waals surface area (Å²) >= 11 is 0. The molecule has 0 aliphatic heterocycles. The molecule has 0 heteroatoms. The Bertz CT molecular complexity index is 452. The summed E-state index contributed by atoms with van der Waals surface area (Å²) in [4.78, 5) is 0. The van der Waals surface area contributed by atoms with E-state index in [0.717, 1.165) is 0 Å². The van der Waals surface area contributed by atoms with Gasteiger partial charge in [0.25, 0.3) is 0 Å². The molecule has 0 N–H and O–H groups in total. The average Bonchev–Trinajstić information content (AvgIpc) is 2.79. The minimum absolute atomic E-state index is 1.25. The van der Waals surface area contributed by atoms with Crippen LogP contribution in [0.15, 0.2) is 36.4 Å². The molecule has 0 fully saturated rings. The lowest BCUT2D eigenvalue weighted by atomic mass is 10.0.